The van der Waals surface area contributed by atoms with Gasteiger partial charge in [0, 0.05) is 4.24 Å². The highest BCUT2D eigenvalue weighted by molar-refractivity contribution is 8.28. The van der Waals surface area contributed by atoms with Crippen molar-refractivity contribution in [1.82, 2.24) is 0 Å². The van der Waals surface area contributed by atoms with Gasteiger partial charge in [0.2, 0.25) is 0 Å². The van der Waals surface area contributed by atoms with Crippen LogP contribution in [0.5, 0.6) is 0 Å². The standard InChI is InChI=1S/C9H10OS2/c1-7-8(2)12-9(11-7)5-3-4-6-10/h3-6H,1-2H3/b4-3+. The van der Waals surface area contributed by atoms with Crippen LogP contribution in [0, 0.1) is 0 Å². The predicted molar refractivity (Wildman–Crippen MR) is 56.8 cm³/mol. The summed E-state index contributed by atoms with van der Waals surface area (Å²) in [5.41, 5.74) is 0. The second-order valence-corrected chi connectivity index (χ2v) is 5.09. The molecular formula is C9H10OS2. The van der Waals surface area contributed by atoms with Gasteiger partial charge in [-0.05, 0) is 35.8 Å². The van der Waals surface area contributed by atoms with Crippen molar-refractivity contribution in [1.29, 1.82) is 0 Å². The smallest absolute Gasteiger partial charge is 0.142 e. The highest BCUT2D eigenvalue weighted by Crippen LogP contribution is 2.48. The minimum Gasteiger partial charge on any atom is -0.299 e. The van der Waals surface area contributed by atoms with Crippen LogP contribution in [-0.2, 0) is 4.79 Å². The lowest BCUT2D eigenvalue weighted by Gasteiger charge is -1.89. The van der Waals surface area contributed by atoms with Gasteiger partial charge in [-0.25, -0.2) is 0 Å². The van der Waals surface area contributed by atoms with E-state index in [1.54, 1.807) is 29.6 Å². The Morgan fingerprint density at radius 1 is 1.08 bits per heavy atom. The van der Waals surface area contributed by atoms with E-state index in [-0.39, 0.29) is 0 Å². The van der Waals surface area contributed by atoms with E-state index in [0.717, 1.165) is 6.29 Å². The van der Waals surface area contributed by atoms with E-state index in [4.69, 9.17) is 0 Å². The molecule has 0 saturated heterocycles. The molecule has 0 N–H and O–H groups in total. The first-order valence-corrected chi connectivity index (χ1v) is 5.22. The van der Waals surface area contributed by atoms with Crippen LogP contribution in [-0.4, -0.2) is 6.29 Å². The SMILES string of the molecule is CC1=C(C)SC(=C/C=C/C=O)S1. The summed E-state index contributed by atoms with van der Waals surface area (Å²) in [6, 6.07) is 0. The highest BCUT2D eigenvalue weighted by atomic mass is 32.2. The summed E-state index contributed by atoms with van der Waals surface area (Å²) in [5.74, 6) is 0. The number of hydrogen-bond donors (Lipinski definition) is 0. The van der Waals surface area contributed by atoms with E-state index in [1.165, 1.54) is 20.1 Å². The van der Waals surface area contributed by atoms with E-state index in [0.29, 0.717) is 0 Å². The number of allylic oxidation sites excluding steroid dienone is 5. The Kier molecular flexibility index (Phi) is 3.69. The zero-order valence-electron chi connectivity index (χ0n) is 7.03. The van der Waals surface area contributed by atoms with Crippen LogP contribution in [0.25, 0.3) is 0 Å². The summed E-state index contributed by atoms with van der Waals surface area (Å²) in [6.07, 6.45) is 6.02. The second kappa shape index (κ2) is 4.58. The van der Waals surface area contributed by atoms with Crippen molar-refractivity contribution in [2.75, 3.05) is 0 Å². The van der Waals surface area contributed by atoms with Crippen LogP contribution in [0.3, 0.4) is 0 Å². The molecule has 1 aliphatic rings. The van der Waals surface area contributed by atoms with Gasteiger partial charge in [0.25, 0.3) is 0 Å². The topological polar surface area (TPSA) is 17.1 Å². The van der Waals surface area contributed by atoms with Crippen molar-refractivity contribution in [3.05, 3.63) is 32.3 Å². The molecule has 0 atom stereocenters. The molecule has 1 heterocycles. The molecule has 0 aromatic rings. The molecule has 64 valence electrons. The average molecular weight is 198 g/mol. The number of thioether (sulfide) groups is 2. The lowest BCUT2D eigenvalue weighted by molar-refractivity contribution is -0.104. The van der Waals surface area contributed by atoms with E-state index in [2.05, 4.69) is 13.8 Å². The van der Waals surface area contributed by atoms with Gasteiger partial charge in [0.15, 0.2) is 0 Å². The van der Waals surface area contributed by atoms with Crippen LogP contribution in [0.15, 0.2) is 32.3 Å². The Labute approximate surface area is 81.0 Å². The number of aldehydes is 1. The Morgan fingerprint density at radius 3 is 2.17 bits per heavy atom. The molecular weight excluding hydrogens is 188 g/mol. The number of carbonyl (C=O) groups is 1. The quantitative estimate of drug-likeness (QED) is 0.500. The first-order valence-electron chi connectivity index (χ1n) is 3.59. The van der Waals surface area contributed by atoms with Crippen LogP contribution < -0.4 is 0 Å². The van der Waals surface area contributed by atoms with Crippen LogP contribution in [0.4, 0.5) is 0 Å². The molecule has 0 unspecified atom stereocenters. The van der Waals surface area contributed by atoms with Crippen molar-refractivity contribution in [3.8, 4) is 0 Å². The molecule has 1 aliphatic heterocycles. The maximum absolute atomic E-state index is 9.97. The Balaban J connectivity index is 2.56. The number of carbonyl (C=O) groups excluding carboxylic acids is 1. The predicted octanol–water partition coefficient (Wildman–Crippen LogP) is 3.31. The molecule has 0 amide bonds. The summed E-state index contributed by atoms with van der Waals surface area (Å²) in [5, 5.41) is 0. The first kappa shape index (κ1) is 9.68. The molecule has 0 saturated carbocycles. The second-order valence-electron chi connectivity index (χ2n) is 2.32. The monoisotopic (exact) mass is 198 g/mol. The third kappa shape index (κ3) is 2.57. The molecule has 1 rings (SSSR count). The first-order chi connectivity index (χ1) is 5.74. The van der Waals surface area contributed by atoms with Crippen molar-refractivity contribution in [2.45, 2.75) is 13.8 Å². The third-order valence-corrected chi connectivity index (χ3v) is 3.95. The molecule has 12 heavy (non-hydrogen) atoms. The van der Waals surface area contributed by atoms with Gasteiger partial charge >= 0.3 is 0 Å². The summed E-state index contributed by atoms with van der Waals surface area (Å²) < 4.78 is 1.24. The van der Waals surface area contributed by atoms with E-state index < -0.39 is 0 Å². The maximum atomic E-state index is 9.97. The minimum atomic E-state index is 0.786. The van der Waals surface area contributed by atoms with Gasteiger partial charge in [0.1, 0.15) is 6.29 Å². The van der Waals surface area contributed by atoms with E-state index in [9.17, 15) is 4.79 Å². The van der Waals surface area contributed by atoms with E-state index >= 15 is 0 Å². The fourth-order valence-electron chi connectivity index (χ4n) is 0.714. The van der Waals surface area contributed by atoms with Gasteiger partial charge in [-0.2, -0.15) is 0 Å². The van der Waals surface area contributed by atoms with Gasteiger partial charge in [-0.3, -0.25) is 4.79 Å². The zero-order valence-corrected chi connectivity index (χ0v) is 8.67. The third-order valence-electron chi connectivity index (χ3n) is 1.43. The molecule has 3 heteroatoms. The van der Waals surface area contributed by atoms with Crippen LogP contribution >= 0.6 is 23.5 Å². The average Bonchev–Trinajstić information content (AvgIpc) is 2.32. The normalized spacial score (nSPS) is 17.7. The fraction of sp³-hybridized carbons (Fsp3) is 0.222. The van der Waals surface area contributed by atoms with Crippen molar-refractivity contribution >= 4 is 29.8 Å². The lowest BCUT2D eigenvalue weighted by atomic mass is 10.5. The highest BCUT2D eigenvalue weighted by Gasteiger charge is 2.12. The molecule has 0 spiro atoms. The fourth-order valence-corrected chi connectivity index (χ4v) is 3.06. The van der Waals surface area contributed by atoms with Crippen molar-refractivity contribution in [2.24, 2.45) is 0 Å². The number of rotatable bonds is 2. The van der Waals surface area contributed by atoms with Crippen LogP contribution in [0.2, 0.25) is 0 Å². The number of hydrogen-bond acceptors (Lipinski definition) is 3. The molecule has 0 fully saturated rings. The Morgan fingerprint density at radius 2 is 1.67 bits per heavy atom. The Bertz CT molecular complexity index is 258. The molecule has 0 radical (unpaired) electrons. The minimum absolute atomic E-state index is 0.786. The van der Waals surface area contributed by atoms with Crippen molar-refractivity contribution < 1.29 is 4.79 Å². The van der Waals surface area contributed by atoms with Gasteiger partial charge in [-0.1, -0.05) is 29.6 Å². The lowest BCUT2D eigenvalue weighted by Crippen LogP contribution is -1.60. The molecule has 0 aromatic carbocycles. The Hall–Kier alpha value is -0.410. The molecule has 0 bridgehead atoms. The van der Waals surface area contributed by atoms with Gasteiger partial charge in [0.05, 0.1) is 0 Å². The van der Waals surface area contributed by atoms with Crippen LogP contribution in [0.1, 0.15) is 13.8 Å². The van der Waals surface area contributed by atoms with Gasteiger partial charge < -0.3 is 0 Å². The summed E-state index contributed by atoms with van der Waals surface area (Å²) in [6.45, 7) is 4.22. The molecule has 0 aliphatic carbocycles. The largest absolute Gasteiger partial charge is 0.299 e. The van der Waals surface area contributed by atoms with Crippen molar-refractivity contribution in [3.63, 3.8) is 0 Å². The maximum Gasteiger partial charge on any atom is 0.142 e. The summed E-state index contributed by atoms with van der Waals surface area (Å²) in [7, 11) is 0. The molecule has 1 nitrogen and oxygen atoms in total. The van der Waals surface area contributed by atoms with E-state index in [1.807, 2.05) is 6.08 Å². The summed E-state index contributed by atoms with van der Waals surface area (Å²) in [4.78, 5) is 12.7. The summed E-state index contributed by atoms with van der Waals surface area (Å²) >= 11 is 3.52. The zero-order chi connectivity index (χ0) is 8.97. The van der Waals surface area contributed by atoms with Gasteiger partial charge in [-0.15, -0.1) is 0 Å². The molecule has 0 aromatic heterocycles.